The average Bonchev–Trinajstić information content (AvgIpc) is 2.55. The molecule has 24 heavy (non-hydrogen) atoms. The molecule has 3 N–H and O–H groups in total. The van der Waals surface area contributed by atoms with Gasteiger partial charge < -0.3 is 20.5 Å². The number of rotatable bonds is 6. The fourth-order valence-electron chi connectivity index (χ4n) is 2.43. The molecule has 6 nitrogen and oxygen atoms in total. The van der Waals surface area contributed by atoms with E-state index in [1.807, 2.05) is 12.1 Å². The molecule has 0 aliphatic carbocycles. The van der Waals surface area contributed by atoms with Gasteiger partial charge in [0.15, 0.2) is 0 Å². The standard InChI is InChI=1S/C17H21ClN2O4/c1-11(22)20-15-7-6-14(24-16(15)10-21)8-17(23)19-9-12-2-4-13(18)5-3-12/h2-7,14-16,21H,8-10H2,1H3,(H,19,23)(H,20,22)/t14-,15+,16-/m1/s1. The molecule has 0 radical (unpaired) electrons. The molecule has 0 unspecified atom stereocenters. The van der Waals surface area contributed by atoms with Gasteiger partial charge in [-0.25, -0.2) is 0 Å². The Bertz CT molecular complexity index is 603. The number of benzene rings is 1. The molecule has 2 amide bonds. The lowest BCUT2D eigenvalue weighted by Gasteiger charge is -2.31. The highest BCUT2D eigenvalue weighted by molar-refractivity contribution is 6.30. The van der Waals surface area contributed by atoms with E-state index in [0.717, 1.165) is 5.56 Å². The van der Waals surface area contributed by atoms with Crippen LogP contribution in [0.15, 0.2) is 36.4 Å². The number of aliphatic hydroxyl groups is 1. The summed E-state index contributed by atoms with van der Waals surface area (Å²) in [5, 5.41) is 15.5. The van der Waals surface area contributed by atoms with Crippen molar-refractivity contribution >= 4 is 23.4 Å². The molecule has 2 rings (SSSR count). The number of nitrogens with one attached hydrogen (secondary N) is 2. The minimum atomic E-state index is -0.562. The number of aliphatic hydroxyl groups excluding tert-OH is 1. The van der Waals surface area contributed by atoms with Gasteiger partial charge in [-0.3, -0.25) is 9.59 Å². The molecule has 0 fully saturated rings. The Morgan fingerprint density at radius 2 is 1.96 bits per heavy atom. The van der Waals surface area contributed by atoms with Gasteiger partial charge in [0.2, 0.25) is 11.8 Å². The van der Waals surface area contributed by atoms with Crippen LogP contribution in [0.4, 0.5) is 0 Å². The second-order valence-corrected chi connectivity index (χ2v) is 6.05. The van der Waals surface area contributed by atoms with E-state index in [-0.39, 0.29) is 30.9 Å². The average molecular weight is 353 g/mol. The third kappa shape index (κ3) is 5.63. The van der Waals surface area contributed by atoms with Gasteiger partial charge in [0, 0.05) is 18.5 Å². The van der Waals surface area contributed by atoms with Crippen LogP contribution in [0.3, 0.4) is 0 Å². The lowest BCUT2D eigenvalue weighted by Crippen LogP contribution is -2.48. The zero-order valence-corrected chi connectivity index (χ0v) is 14.1. The van der Waals surface area contributed by atoms with Crippen LogP contribution >= 0.6 is 11.6 Å². The van der Waals surface area contributed by atoms with Crippen molar-refractivity contribution in [2.24, 2.45) is 0 Å². The normalized spacial score (nSPS) is 22.9. The van der Waals surface area contributed by atoms with Crippen LogP contribution in [-0.2, 0) is 20.9 Å². The second-order valence-electron chi connectivity index (χ2n) is 5.61. The van der Waals surface area contributed by atoms with Gasteiger partial charge in [0.25, 0.3) is 0 Å². The number of carbonyl (C=O) groups is 2. The molecule has 7 heteroatoms. The Morgan fingerprint density at radius 3 is 2.58 bits per heavy atom. The maximum absolute atomic E-state index is 12.0. The molecule has 3 atom stereocenters. The summed E-state index contributed by atoms with van der Waals surface area (Å²) in [6.07, 6.45) is 2.63. The Balaban J connectivity index is 1.83. The number of amides is 2. The highest BCUT2D eigenvalue weighted by atomic mass is 35.5. The first-order chi connectivity index (χ1) is 11.5. The zero-order chi connectivity index (χ0) is 17.5. The van der Waals surface area contributed by atoms with Crippen molar-refractivity contribution < 1.29 is 19.4 Å². The lowest BCUT2D eigenvalue weighted by atomic mass is 10.0. The van der Waals surface area contributed by atoms with Gasteiger partial charge >= 0.3 is 0 Å². The van der Waals surface area contributed by atoms with Crippen LogP contribution in [-0.4, -0.2) is 41.8 Å². The van der Waals surface area contributed by atoms with Crippen molar-refractivity contribution in [3.8, 4) is 0 Å². The molecular formula is C17H21ClN2O4. The highest BCUT2D eigenvalue weighted by Crippen LogP contribution is 2.16. The van der Waals surface area contributed by atoms with Crippen molar-refractivity contribution in [3.63, 3.8) is 0 Å². The van der Waals surface area contributed by atoms with E-state index in [9.17, 15) is 14.7 Å². The van der Waals surface area contributed by atoms with E-state index < -0.39 is 12.2 Å². The summed E-state index contributed by atoms with van der Waals surface area (Å²) in [5.41, 5.74) is 0.951. The predicted octanol–water partition coefficient (Wildman–Crippen LogP) is 1.17. The smallest absolute Gasteiger partial charge is 0.223 e. The Kier molecular flexibility index (Phi) is 6.78. The third-order valence-corrected chi connectivity index (χ3v) is 3.87. The molecule has 0 saturated heterocycles. The number of halogens is 1. The van der Waals surface area contributed by atoms with Crippen LogP contribution in [0.1, 0.15) is 18.9 Å². The van der Waals surface area contributed by atoms with Crippen molar-refractivity contribution in [1.29, 1.82) is 0 Å². The minimum Gasteiger partial charge on any atom is -0.394 e. The van der Waals surface area contributed by atoms with Crippen LogP contribution in [0.2, 0.25) is 5.02 Å². The molecule has 130 valence electrons. The van der Waals surface area contributed by atoms with E-state index in [2.05, 4.69) is 10.6 Å². The molecule has 1 aliphatic heterocycles. The molecule has 1 heterocycles. The molecule has 0 saturated carbocycles. The van der Waals surface area contributed by atoms with Crippen LogP contribution in [0.25, 0.3) is 0 Å². The Labute approximate surface area is 145 Å². The predicted molar refractivity (Wildman–Crippen MR) is 90.4 cm³/mol. The van der Waals surface area contributed by atoms with Crippen molar-refractivity contribution in [2.75, 3.05) is 6.61 Å². The number of hydrogen-bond acceptors (Lipinski definition) is 4. The van der Waals surface area contributed by atoms with Crippen LogP contribution < -0.4 is 10.6 Å². The summed E-state index contributed by atoms with van der Waals surface area (Å²) in [4.78, 5) is 23.1. The monoisotopic (exact) mass is 352 g/mol. The maximum Gasteiger partial charge on any atom is 0.223 e. The fraction of sp³-hybridized carbons (Fsp3) is 0.412. The number of hydrogen-bond donors (Lipinski definition) is 3. The SMILES string of the molecule is CC(=O)N[C@H]1C=C[C@H](CC(=O)NCc2ccc(Cl)cc2)O[C@@H]1CO. The van der Waals surface area contributed by atoms with E-state index in [4.69, 9.17) is 16.3 Å². The first-order valence-electron chi connectivity index (χ1n) is 7.71. The molecule has 1 aromatic rings. The summed E-state index contributed by atoms with van der Waals surface area (Å²) in [5.74, 6) is -0.361. The Morgan fingerprint density at radius 1 is 1.25 bits per heavy atom. The largest absolute Gasteiger partial charge is 0.394 e. The van der Waals surface area contributed by atoms with E-state index in [0.29, 0.717) is 11.6 Å². The molecule has 0 bridgehead atoms. The van der Waals surface area contributed by atoms with E-state index in [1.165, 1.54) is 6.92 Å². The summed E-state index contributed by atoms with van der Waals surface area (Å²) < 4.78 is 5.66. The summed E-state index contributed by atoms with van der Waals surface area (Å²) >= 11 is 5.82. The van der Waals surface area contributed by atoms with Crippen molar-refractivity contribution in [1.82, 2.24) is 10.6 Å². The van der Waals surface area contributed by atoms with Gasteiger partial charge in [-0.15, -0.1) is 0 Å². The zero-order valence-electron chi connectivity index (χ0n) is 13.4. The molecule has 0 spiro atoms. The number of ether oxygens (including phenoxy) is 1. The first kappa shape index (κ1) is 18.4. The fourth-order valence-corrected chi connectivity index (χ4v) is 2.55. The molecule has 1 aromatic carbocycles. The topological polar surface area (TPSA) is 87.7 Å². The summed E-state index contributed by atoms with van der Waals surface area (Å²) in [7, 11) is 0. The number of carbonyl (C=O) groups excluding carboxylic acids is 2. The molecule has 1 aliphatic rings. The van der Waals surface area contributed by atoms with Crippen molar-refractivity contribution in [2.45, 2.75) is 38.1 Å². The van der Waals surface area contributed by atoms with Crippen LogP contribution in [0, 0.1) is 0 Å². The van der Waals surface area contributed by atoms with Gasteiger partial charge in [-0.1, -0.05) is 35.9 Å². The summed E-state index contributed by atoms with van der Waals surface area (Å²) in [6, 6.07) is 6.84. The quantitative estimate of drug-likeness (QED) is 0.671. The Hall–Kier alpha value is -1.89. The second kappa shape index (κ2) is 8.82. The first-order valence-corrected chi connectivity index (χ1v) is 8.08. The van der Waals surface area contributed by atoms with Gasteiger partial charge in [0.1, 0.15) is 6.10 Å². The maximum atomic E-state index is 12.0. The lowest BCUT2D eigenvalue weighted by molar-refractivity contribution is -0.127. The van der Waals surface area contributed by atoms with Crippen LogP contribution in [0.5, 0.6) is 0 Å². The van der Waals surface area contributed by atoms with E-state index in [1.54, 1.807) is 24.3 Å². The van der Waals surface area contributed by atoms with Gasteiger partial charge in [-0.2, -0.15) is 0 Å². The minimum absolute atomic E-state index is 0.146. The van der Waals surface area contributed by atoms with Crippen molar-refractivity contribution in [3.05, 3.63) is 47.0 Å². The van der Waals surface area contributed by atoms with E-state index >= 15 is 0 Å². The van der Waals surface area contributed by atoms with Gasteiger partial charge in [0.05, 0.1) is 25.2 Å². The van der Waals surface area contributed by atoms with Gasteiger partial charge in [-0.05, 0) is 17.7 Å². The summed E-state index contributed by atoms with van der Waals surface area (Å²) in [6.45, 7) is 1.57. The highest BCUT2D eigenvalue weighted by Gasteiger charge is 2.28. The molecule has 0 aromatic heterocycles. The molecular weight excluding hydrogens is 332 g/mol. The third-order valence-electron chi connectivity index (χ3n) is 3.62.